The van der Waals surface area contributed by atoms with E-state index in [2.05, 4.69) is 10.6 Å². The molecule has 1 saturated carbocycles. The molecule has 2 amide bonds. The molecule has 0 heterocycles. The smallest absolute Gasteiger partial charge is 0.240 e. The van der Waals surface area contributed by atoms with E-state index in [1.807, 2.05) is 6.07 Å². The van der Waals surface area contributed by atoms with Crippen molar-refractivity contribution in [3.05, 3.63) is 66.0 Å². The molecule has 1 fully saturated rings. The van der Waals surface area contributed by atoms with Crippen molar-refractivity contribution in [2.75, 3.05) is 11.9 Å². The SMILES string of the molecule is O=C(NCC(O)c1ccccc1)C1(C(=O)Nc2ccc(F)cc2)CC1. The minimum atomic E-state index is -1.11. The third kappa shape index (κ3) is 3.85. The van der Waals surface area contributed by atoms with Gasteiger partial charge >= 0.3 is 0 Å². The second-order valence-electron chi connectivity index (χ2n) is 6.18. The van der Waals surface area contributed by atoms with Gasteiger partial charge in [0.25, 0.3) is 0 Å². The summed E-state index contributed by atoms with van der Waals surface area (Å²) in [7, 11) is 0. The highest BCUT2D eigenvalue weighted by Gasteiger charge is 2.56. The quantitative estimate of drug-likeness (QED) is 0.706. The van der Waals surface area contributed by atoms with Crippen molar-refractivity contribution < 1.29 is 19.1 Å². The molecule has 2 aromatic rings. The Balaban J connectivity index is 1.57. The third-order valence-electron chi connectivity index (χ3n) is 4.36. The Kier molecular flexibility index (Phi) is 4.81. The Morgan fingerprint density at radius 1 is 1.04 bits per heavy atom. The molecule has 0 bridgehead atoms. The normalized spacial score (nSPS) is 15.9. The highest BCUT2D eigenvalue weighted by molar-refractivity contribution is 6.13. The maximum Gasteiger partial charge on any atom is 0.240 e. The monoisotopic (exact) mass is 342 g/mol. The van der Waals surface area contributed by atoms with Gasteiger partial charge in [-0.05, 0) is 42.7 Å². The molecule has 1 aliphatic rings. The van der Waals surface area contributed by atoms with Crippen LogP contribution in [0.2, 0.25) is 0 Å². The summed E-state index contributed by atoms with van der Waals surface area (Å²) in [6.07, 6.45) is 0.0711. The molecular weight excluding hydrogens is 323 g/mol. The number of carbonyl (C=O) groups excluding carboxylic acids is 2. The molecule has 2 aromatic carbocycles. The zero-order chi connectivity index (χ0) is 17.9. The van der Waals surface area contributed by atoms with E-state index in [4.69, 9.17) is 0 Å². The fourth-order valence-electron chi connectivity index (χ4n) is 2.62. The Labute approximate surface area is 144 Å². The van der Waals surface area contributed by atoms with Crippen LogP contribution in [0.4, 0.5) is 10.1 Å². The molecule has 0 spiro atoms. The first-order chi connectivity index (χ1) is 12.0. The van der Waals surface area contributed by atoms with Crippen LogP contribution in [0.25, 0.3) is 0 Å². The van der Waals surface area contributed by atoms with Crippen molar-refractivity contribution in [1.82, 2.24) is 5.32 Å². The Hall–Kier alpha value is -2.73. The van der Waals surface area contributed by atoms with Crippen molar-refractivity contribution in [1.29, 1.82) is 0 Å². The van der Waals surface area contributed by atoms with Gasteiger partial charge in [-0.3, -0.25) is 9.59 Å². The molecule has 0 aromatic heterocycles. The second kappa shape index (κ2) is 7.03. The van der Waals surface area contributed by atoms with Gasteiger partial charge in [0, 0.05) is 12.2 Å². The summed E-state index contributed by atoms with van der Waals surface area (Å²) in [6.45, 7) is 0.0361. The number of hydrogen-bond donors (Lipinski definition) is 3. The molecule has 5 nitrogen and oxygen atoms in total. The largest absolute Gasteiger partial charge is 0.387 e. The fraction of sp³-hybridized carbons (Fsp3) is 0.263. The van der Waals surface area contributed by atoms with Crippen molar-refractivity contribution in [2.24, 2.45) is 5.41 Å². The van der Waals surface area contributed by atoms with E-state index in [-0.39, 0.29) is 6.54 Å². The zero-order valence-electron chi connectivity index (χ0n) is 13.5. The summed E-state index contributed by atoms with van der Waals surface area (Å²) < 4.78 is 12.9. The maximum absolute atomic E-state index is 12.9. The van der Waals surface area contributed by atoms with Crippen molar-refractivity contribution >= 4 is 17.5 Å². The van der Waals surface area contributed by atoms with E-state index in [1.54, 1.807) is 24.3 Å². The summed E-state index contributed by atoms with van der Waals surface area (Å²) in [5.41, 5.74) is 0.0309. The third-order valence-corrected chi connectivity index (χ3v) is 4.36. The number of aliphatic hydroxyl groups is 1. The predicted octanol–water partition coefficient (Wildman–Crippen LogP) is 2.39. The standard InChI is InChI=1S/C19H19FN2O3/c20-14-6-8-15(9-7-14)22-18(25)19(10-11-19)17(24)21-12-16(23)13-4-2-1-3-5-13/h1-9,16,23H,10-12H2,(H,21,24)(H,22,25). The molecule has 3 N–H and O–H groups in total. The number of halogens is 1. The molecule has 3 rings (SSSR count). The molecule has 0 aliphatic heterocycles. The Morgan fingerprint density at radius 3 is 2.28 bits per heavy atom. The predicted molar refractivity (Wildman–Crippen MR) is 91.1 cm³/mol. The van der Waals surface area contributed by atoms with Crippen molar-refractivity contribution in [3.8, 4) is 0 Å². The van der Waals surface area contributed by atoms with Gasteiger partial charge in [0.15, 0.2) is 0 Å². The molecule has 0 saturated heterocycles. The van der Waals surface area contributed by atoms with Gasteiger partial charge in [-0.1, -0.05) is 30.3 Å². The van der Waals surface area contributed by atoms with Gasteiger partial charge in [0.05, 0.1) is 6.10 Å². The van der Waals surface area contributed by atoms with Gasteiger partial charge < -0.3 is 15.7 Å². The molecular formula is C19H19FN2O3. The van der Waals surface area contributed by atoms with Crippen LogP contribution in [0, 0.1) is 11.2 Å². The molecule has 6 heteroatoms. The summed E-state index contributed by atoms with van der Waals surface area (Å²) >= 11 is 0. The summed E-state index contributed by atoms with van der Waals surface area (Å²) in [4.78, 5) is 24.8. The fourth-order valence-corrected chi connectivity index (χ4v) is 2.62. The molecule has 130 valence electrons. The zero-order valence-corrected chi connectivity index (χ0v) is 13.5. The van der Waals surface area contributed by atoms with E-state index in [1.165, 1.54) is 24.3 Å². The van der Waals surface area contributed by atoms with Crippen LogP contribution in [0.3, 0.4) is 0 Å². The number of nitrogens with one attached hydrogen (secondary N) is 2. The first kappa shape index (κ1) is 17.1. The van der Waals surface area contributed by atoms with Crippen LogP contribution < -0.4 is 10.6 Å². The summed E-state index contributed by atoms with van der Waals surface area (Å²) in [5.74, 6) is -1.21. The van der Waals surface area contributed by atoms with E-state index in [0.29, 0.717) is 24.1 Å². The van der Waals surface area contributed by atoms with Gasteiger partial charge in [-0.2, -0.15) is 0 Å². The number of anilines is 1. The topological polar surface area (TPSA) is 78.4 Å². The highest BCUT2D eigenvalue weighted by Crippen LogP contribution is 2.46. The van der Waals surface area contributed by atoms with Crippen molar-refractivity contribution in [2.45, 2.75) is 18.9 Å². The molecule has 0 radical (unpaired) electrons. The summed E-state index contributed by atoms with van der Waals surface area (Å²) in [5, 5.41) is 15.4. The van der Waals surface area contributed by atoms with Gasteiger partial charge in [-0.15, -0.1) is 0 Å². The minimum absolute atomic E-state index is 0.0361. The van der Waals surface area contributed by atoms with Crippen LogP contribution in [0.5, 0.6) is 0 Å². The van der Waals surface area contributed by atoms with Crippen LogP contribution in [0.15, 0.2) is 54.6 Å². The van der Waals surface area contributed by atoms with E-state index >= 15 is 0 Å². The van der Waals surface area contributed by atoms with Gasteiger partial charge in [0.2, 0.25) is 11.8 Å². The van der Waals surface area contributed by atoms with E-state index < -0.39 is 29.2 Å². The number of hydrogen-bond acceptors (Lipinski definition) is 3. The Morgan fingerprint density at radius 2 is 1.68 bits per heavy atom. The molecule has 1 aliphatic carbocycles. The Bertz CT molecular complexity index is 758. The van der Waals surface area contributed by atoms with E-state index in [9.17, 15) is 19.1 Å². The molecule has 1 atom stereocenters. The highest BCUT2D eigenvalue weighted by atomic mass is 19.1. The van der Waals surface area contributed by atoms with E-state index in [0.717, 1.165) is 0 Å². The van der Waals surface area contributed by atoms with Crippen molar-refractivity contribution in [3.63, 3.8) is 0 Å². The molecule has 25 heavy (non-hydrogen) atoms. The van der Waals surface area contributed by atoms with Crippen LogP contribution >= 0.6 is 0 Å². The molecule has 1 unspecified atom stereocenters. The number of benzene rings is 2. The lowest BCUT2D eigenvalue weighted by atomic mass is 10.0. The van der Waals surface area contributed by atoms with Gasteiger partial charge in [0.1, 0.15) is 11.2 Å². The number of rotatable bonds is 6. The maximum atomic E-state index is 12.9. The lowest BCUT2D eigenvalue weighted by Gasteiger charge is -2.17. The van der Waals surface area contributed by atoms with Gasteiger partial charge in [-0.25, -0.2) is 4.39 Å². The number of carbonyl (C=O) groups is 2. The minimum Gasteiger partial charge on any atom is -0.387 e. The lowest BCUT2D eigenvalue weighted by molar-refractivity contribution is -0.134. The van der Waals surface area contributed by atoms with Crippen LogP contribution in [0.1, 0.15) is 24.5 Å². The van der Waals surface area contributed by atoms with Crippen LogP contribution in [-0.2, 0) is 9.59 Å². The summed E-state index contributed by atoms with van der Waals surface area (Å²) in [6, 6.07) is 14.4. The second-order valence-corrected chi connectivity index (χ2v) is 6.18. The number of amides is 2. The average molecular weight is 342 g/mol. The average Bonchev–Trinajstić information content (AvgIpc) is 3.44. The van der Waals surface area contributed by atoms with Crippen LogP contribution in [-0.4, -0.2) is 23.5 Å². The first-order valence-electron chi connectivity index (χ1n) is 8.10. The lowest BCUT2D eigenvalue weighted by Crippen LogP contribution is -2.41. The first-order valence-corrected chi connectivity index (χ1v) is 8.10. The number of aliphatic hydroxyl groups excluding tert-OH is 1.